The Hall–Kier alpha value is -1.14. The molecule has 2 unspecified atom stereocenters. The molecule has 0 aromatic heterocycles. The largest absolute Gasteiger partial charge is 0.433 e. The quantitative estimate of drug-likeness (QED) is 0.329. The van der Waals surface area contributed by atoms with E-state index >= 15 is 0 Å². The Balaban J connectivity index is 4.51. The summed E-state index contributed by atoms with van der Waals surface area (Å²) in [7, 11) is 0. The molecule has 26 heavy (non-hydrogen) atoms. The van der Waals surface area contributed by atoms with Crippen LogP contribution in [0, 0.1) is 0 Å². The topological polar surface area (TPSA) is 93.1 Å². The van der Waals surface area contributed by atoms with Gasteiger partial charge in [-0.1, -0.05) is 40.5 Å². The summed E-state index contributed by atoms with van der Waals surface area (Å²) in [6.45, 7) is 7.82. The van der Waals surface area contributed by atoms with E-state index in [1.165, 1.54) is 0 Å². The van der Waals surface area contributed by atoms with Crippen molar-refractivity contribution in [2.24, 2.45) is 0 Å². The van der Waals surface area contributed by atoms with Gasteiger partial charge in [-0.05, 0) is 25.7 Å². The molecule has 0 heterocycles. The number of hydrogen-bond donors (Lipinski definition) is 2. The summed E-state index contributed by atoms with van der Waals surface area (Å²) in [5, 5.41) is 20.9. The van der Waals surface area contributed by atoms with Crippen molar-refractivity contribution in [1.29, 1.82) is 0 Å². The van der Waals surface area contributed by atoms with Gasteiger partial charge >= 0.3 is 11.9 Å². The Morgan fingerprint density at radius 2 is 1.00 bits per heavy atom. The molecule has 0 amide bonds. The monoisotopic (exact) mass is 374 g/mol. The van der Waals surface area contributed by atoms with Crippen molar-refractivity contribution in [3.63, 3.8) is 0 Å². The molecule has 0 rings (SSSR count). The second-order valence-corrected chi connectivity index (χ2v) is 7.05. The van der Waals surface area contributed by atoms with Crippen LogP contribution in [0.25, 0.3) is 0 Å². The van der Waals surface area contributed by atoms with Gasteiger partial charge in [0, 0.05) is 25.7 Å². The SMILES string of the molecule is CCCCC(O)(CCC)OC(=O)CCC(=O)OC(O)(CCC)CCCC. The standard InChI is InChI=1S/C20H38O6/c1-5-9-15-19(23,13-7-3)25-17(21)11-12-18(22)26-20(24,14-8-4)16-10-6-2/h23-24H,5-16H2,1-4H3. The predicted molar refractivity (Wildman–Crippen MR) is 100 cm³/mol. The van der Waals surface area contributed by atoms with E-state index in [1.54, 1.807) is 0 Å². The summed E-state index contributed by atoms with van der Waals surface area (Å²) in [4.78, 5) is 24.0. The van der Waals surface area contributed by atoms with Gasteiger partial charge < -0.3 is 19.7 Å². The van der Waals surface area contributed by atoms with Crippen LogP contribution in [0.2, 0.25) is 0 Å². The molecule has 0 saturated carbocycles. The minimum absolute atomic E-state index is 0.174. The molecule has 0 aliphatic carbocycles. The van der Waals surface area contributed by atoms with Crippen molar-refractivity contribution < 1.29 is 29.3 Å². The molecular weight excluding hydrogens is 336 g/mol. The first-order valence-electron chi connectivity index (χ1n) is 10.1. The lowest BCUT2D eigenvalue weighted by Crippen LogP contribution is -2.36. The Morgan fingerprint density at radius 1 is 0.654 bits per heavy atom. The predicted octanol–water partition coefficient (Wildman–Crippen LogP) is 4.21. The molecule has 0 spiro atoms. The highest BCUT2D eigenvalue weighted by Crippen LogP contribution is 2.25. The average molecular weight is 375 g/mol. The number of unbranched alkanes of at least 4 members (excludes halogenated alkanes) is 2. The number of esters is 2. The second-order valence-electron chi connectivity index (χ2n) is 7.05. The lowest BCUT2D eigenvalue weighted by molar-refractivity contribution is -0.221. The molecule has 6 heteroatoms. The molecule has 154 valence electrons. The average Bonchev–Trinajstić information content (AvgIpc) is 2.57. The Morgan fingerprint density at radius 3 is 1.27 bits per heavy atom. The van der Waals surface area contributed by atoms with E-state index in [0.29, 0.717) is 38.5 Å². The van der Waals surface area contributed by atoms with E-state index in [0.717, 1.165) is 25.7 Å². The highest BCUT2D eigenvalue weighted by atomic mass is 16.7. The third-order valence-electron chi connectivity index (χ3n) is 4.26. The van der Waals surface area contributed by atoms with Gasteiger partial charge in [-0.2, -0.15) is 0 Å². The maximum atomic E-state index is 12.0. The second kappa shape index (κ2) is 13.1. The van der Waals surface area contributed by atoms with Gasteiger partial charge in [-0.3, -0.25) is 9.59 Å². The van der Waals surface area contributed by atoms with Crippen LogP contribution in [0.1, 0.15) is 105 Å². The van der Waals surface area contributed by atoms with E-state index < -0.39 is 23.5 Å². The molecule has 0 aliphatic heterocycles. The summed E-state index contributed by atoms with van der Waals surface area (Å²) < 4.78 is 10.4. The van der Waals surface area contributed by atoms with Crippen LogP contribution in [-0.4, -0.2) is 33.7 Å². The molecule has 0 radical (unpaired) electrons. The van der Waals surface area contributed by atoms with E-state index in [9.17, 15) is 19.8 Å². The van der Waals surface area contributed by atoms with Gasteiger partial charge in [-0.25, -0.2) is 0 Å². The Labute approximate surface area is 158 Å². The number of carbonyl (C=O) groups excluding carboxylic acids is 2. The zero-order chi connectivity index (χ0) is 20.1. The molecule has 0 aromatic rings. The molecule has 0 bridgehead atoms. The van der Waals surface area contributed by atoms with Crippen LogP contribution in [0.4, 0.5) is 0 Å². The summed E-state index contributed by atoms with van der Waals surface area (Å²) >= 11 is 0. The Kier molecular flexibility index (Phi) is 12.5. The molecule has 0 saturated heterocycles. The van der Waals surface area contributed by atoms with Gasteiger partial charge in [0.15, 0.2) is 0 Å². The summed E-state index contributed by atoms with van der Waals surface area (Å²) in [5.41, 5.74) is 0. The Bertz CT molecular complexity index is 373. The van der Waals surface area contributed by atoms with Gasteiger partial charge in [-0.15, -0.1) is 0 Å². The van der Waals surface area contributed by atoms with E-state index in [1.807, 2.05) is 27.7 Å². The van der Waals surface area contributed by atoms with Crippen molar-refractivity contribution in [2.45, 2.75) is 116 Å². The van der Waals surface area contributed by atoms with Crippen molar-refractivity contribution >= 4 is 11.9 Å². The van der Waals surface area contributed by atoms with E-state index in [4.69, 9.17) is 9.47 Å². The number of carbonyl (C=O) groups is 2. The maximum Gasteiger partial charge on any atom is 0.308 e. The van der Waals surface area contributed by atoms with Gasteiger partial charge in [0.05, 0.1) is 12.8 Å². The number of ether oxygens (including phenoxy) is 2. The van der Waals surface area contributed by atoms with Crippen LogP contribution < -0.4 is 0 Å². The van der Waals surface area contributed by atoms with Crippen LogP contribution in [0.5, 0.6) is 0 Å². The van der Waals surface area contributed by atoms with Crippen molar-refractivity contribution in [1.82, 2.24) is 0 Å². The van der Waals surface area contributed by atoms with Crippen LogP contribution in [0.3, 0.4) is 0 Å². The molecule has 2 atom stereocenters. The molecular formula is C20H38O6. The number of hydrogen-bond acceptors (Lipinski definition) is 6. The van der Waals surface area contributed by atoms with Crippen molar-refractivity contribution in [2.75, 3.05) is 0 Å². The van der Waals surface area contributed by atoms with E-state index in [2.05, 4.69) is 0 Å². The van der Waals surface area contributed by atoms with Gasteiger partial charge in [0.25, 0.3) is 0 Å². The van der Waals surface area contributed by atoms with E-state index in [-0.39, 0.29) is 12.8 Å². The normalized spacial score (nSPS) is 15.8. The molecule has 0 aromatic carbocycles. The summed E-state index contributed by atoms with van der Waals surface area (Å²) in [6, 6.07) is 0. The molecule has 6 nitrogen and oxygen atoms in total. The lowest BCUT2D eigenvalue weighted by Gasteiger charge is -2.28. The van der Waals surface area contributed by atoms with Crippen LogP contribution >= 0.6 is 0 Å². The van der Waals surface area contributed by atoms with Gasteiger partial charge in [0.1, 0.15) is 0 Å². The minimum atomic E-state index is -1.46. The third kappa shape index (κ3) is 10.8. The molecule has 0 aliphatic rings. The third-order valence-corrected chi connectivity index (χ3v) is 4.26. The maximum absolute atomic E-state index is 12.0. The zero-order valence-electron chi connectivity index (χ0n) is 17.0. The first kappa shape index (κ1) is 24.9. The first-order chi connectivity index (χ1) is 12.2. The molecule has 0 fully saturated rings. The minimum Gasteiger partial charge on any atom is -0.433 e. The lowest BCUT2D eigenvalue weighted by atomic mass is 10.0. The number of rotatable bonds is 15. The summed E-state index contributed by atoms with van der Waals surface area (Å²) in [5.74, 6) is -4.17. The number of aliphatic hydroxyl groups is 2. The first-order valence-corrected chi connectivity index (χ1v) is 10.1. The van der Waals surface area contributed by atoms with Crippen molar-refractivity contribution in [3.8, 4) is 0 Å². The summed E-state index contributed by atoms with van der Waals surface area (Å²) in [6.07, 6.45) is 5.86. The fraction of sp³-hybridized carbons (Fsp3) is 0.900. The highest BCUT2D eigenvalue weighted by molar-refractivity contribution is 5.78. The van der Waals surface area contributed by atoms with Gasteiger partial charge in [0.2, 0.25) is 11.6 Å². The fourth-order valence-electron chi connectivity index (χ4n) is 2.87. The van der Waals surface area contributed by atoms with Crippen LogP contribution in [-0.2, 0) is 19.1 Å². The van der Waals surface area contributed by atoms with Crippen LogP contribution in [0.15, 0.2) is 0 Å². The van der Waals surface area contributed by atoms with Crippen molar-refractivity contribution in [3.05, 3.63) is 0 Å². The smallest absolute Gasteiger partial charge is 0.308 e. The highest BCUT2D eigenvalue weighted by Gasteiger charge is 2.32. The fourth-order valence-corrected chi connectivity index (χ4v) is 2.87. The molecule has 2 N–H and O–H groups in total. The zero-order valence-corrected chi connectivity index (χ0v) is 17.0.